The maximum atomic E-state index is 12.9. The van der Waals surface area contributed by atoms with Crippen LogP contribution < -0.4 is 0 Å². The average Bonchev–Trinajstić information content (AvgIpc) is 3.22. The van der Waals surface area contributed by atoms with Crippen LogP contribution in [0, 0.1) is 5.92 Å². The van der Waals surface area contributed by atoms with E-state index in [2.05, 4.69) is 34.2 Å². The van der Waals surface area contributed by atoms with Gasteiger partial charge >= 0.3 is 0 Å². The van der Waals surface area contributed by atoms with E-state index in [0.717, 1.165) is 12.2 Å². The van der Waals surface area contributed by atoms with Crippen LogP contribution in [0.3, 0.4) is 0 Å². The number of carbonyl (C=O) groups is 1. The Morgan fingerprint density at radius 2 is 2.13 bits per heavy atom. The van der Waals surface area contributed by atoms with Gasteiger partial charge in [-0.05, 0) is 38.1 Å². The zero-order valence-corrected chi connectivity index (χ0v) is 18.7. The molecule has 0 aliphatic carbocycles. The summed E-state index contributed by atoms with van der Waals surface area (Å²) in [6.07, 6.45) is 6.47. The molecule has 3 rings (SSSR count). The van der Waals surface area contributed by atoms with E-state index in [1.807, 2.05) is 25.3 Å². The molecule has 2 aromatic heterocycles. The predicted octanol–water partition coefficient (Wildman–Crippen LogP) is 1.33. The fourth-order valence-electron chi connectivity index (χ4n) is 3.86. The minimum absolute atomic E-state index is 0.0527. The zero-order chi connectivity index (χ0) is 22.2. The number of hydrogen-bond acceptors (Lipinski definition) is 7. The Balaban J connectivity index is 1.76. The van der Waals surface area contributed by atoms with Gasteiger partial charge < -0.3 is 14.7 Å². The molecule has 0 spiro atoms. The molecule has 2 aromatic rings. The summed E-state index contributed by atoms with van der Waals surface area (Å²) in [4.78, 5) is 21.0. The zero-order valence-electron chi connectivity index (χ0n) is 18.7. The second kappa shape index (κ2) is 11.3. The molecule has 1 N–H and O–H groups in total. The standard InChI is InChI=1S/C22H34N6O3/c1-17-11-28(18(2)15-29)22(30)5-4-10-27-13-20(24-25-27)16-31-21(17)14-26(3)12-19-6-8-23-9-7-19/h6-9,13,17-18,21,29H,4-5,10-12,14-16H2,1-3H3/t17-,18-,21+/m0/s1. The highest BCUT2D eigenvalue weighted by Gasteiger charge is 2.28. The highest BCUT2D eigenvalue weighted by molar-refractivity contribution is 5.76. The first-order valence-electron chi connectivity index (χ1n) is 10.9. The minimum Gasteiger partial charge on any atom is -0.394 e. The lowest BCUT2D eigenvalue weighted by molar-refractivity contribution is -0.136. The van der Waals surface area contributed by atoms with Gasteiger partial charge in [-0.2, -0.15) is 0 Å². The molecule has 0 saturated heterocycles. The molecule has 1 aliphatic heterocycles. The second-order valence-electron chi connectivity index (χ2n) is 8.53. The number of rotatable bonds is 6. The number of likely N-dealkylation sites (N-methyl/N-ethyl adjacent to an activating group) is 1. The van der Waals surface area contributed by atoms with Crippen molar-refractivity contribution in [2.75, 3.05) is 26.7 Å². The number of aliphatic hydroxyl groups excluding tert-OH is 1. The van der Waals surface area contributed by atoms with Gasteiger partial charge in [0.15, 0.2) is 0 Å². The Kier molecular flexibility index (Phi) is 8.51. The van der Waals surface area contributed by atoms with Gasteiger partial charge in [0, 0.05) is 50.9 Å². The fraction of sp³-hybridized carbons (Fsp3) is 0.636. The first-order chi connectivity index (χ1) is 15.0. The SMILES string of the molecule is C[C@H]1CN([C@@H](C)CO)C(=O)CCCn2cc(nn2)CO[C@@H]1CN(C)Cc1ccncc1. The number of nitrogens with zero attached hydrogens (tertiary/aromatic N) is 6. The van der Waals surface area contributed by atoms with Crippen molar-refractivity contribution in [3.05, 3.63) is 42.0 Å². The smallest absolute Gasteiger partial charge is 0.222 e. The Labute approximate surface area is 184 Å². The summed E-state index contributed by atoms with van der Waals surface area (Å²) in [5.41, 5.74) is 1.98. The third kappa shape index (κ3) is 6.81. The molecule has 1 amide bonds. The molecule has 0 fully saturated rings. The topological polar surface area (TPSA) is 96.6 Å². The van der Waals surface area contributed by atoms with Gasteiger partial charge in [0.25, 0.3) is 0 Å². The molecule has 3 atom stereocenters. The lowest BCUT2D eigenvalue weighted by Gasteiger charge is -2.35. The van der Waals surface area contributed by atoms with Crippen LogP contribution in [-0.4, -0.2) is 79.7 Å². The number of hydrogen-bond donors (Lipinski definition) is 1. The molecule has 9 heteroatoms. The van der Waals surface area contributed by atoms with Crippen LogP contribution in [0.15, 0.2) is 30.7 Å². The lowest BCUT2D eigenvalue weighted by Crippen LogP contribution is -2.47. The van der Waals surface area contributed by atoms with E-state index in [-0.39, 0.29) is 30.6 Å². The van der Waals surface area contributed by atoms with E-state index < -0.39 is 0 Å². The van der Waals surface area contributed by atoms with E-state index in [1.165, 1.54) is 5.56 Å². The van der Waals surface area contributed by atoms with Crippen molar-refractivity contribution in [2.24, 2.45) is 5.92 Å². The number of aryl methyl sites for hydroxylation is 1. The maximum Gasteiger partial charge on any atom is 0.222 e. The largest absolute Gasteiger partial charge is 0.394 e. The van der Waals surface area contributed by atoms with Crippen molar-refractivity contribution >= 4 is 5.91 Å². The second-order valence-corrected chi connectivity index (χ2v) is 8.53. The van der Waals surface area contributed by atoms with Crippen molar-refractivity contribution in [1.82, 2.24) is 29.8 Å². The van der Waals surface area contributed by atoms with E-state index in [0.29, 0.717) is 39.1 Å². The minimum atomic E-state index is -0.229. The molecule has 170 valence electrons. The summed E-state index contributed by atoms with van der Waals surface area (Å²) in [5.74, 6) is 0.130. The highest BCUT2D eigenvalue weighted by Crippen LogP contribution is 2.18. The molecule has 9 nitrogen and oxygen atoms in total. The Bertz CT molecular complexity index is 815. The lowest BCUT2D eigenvalue weighted by atomic mass is 10.0. The summed E-state index contributed by atoms with van der Waals surface area (Å²) in [5, 5.41) is 18.1. The number of carbonyl (C=O) groups excluding carboxylic acids is 1. The molecule has 0 aromatic carbocycles. The summed E-state index contributed by atoms with van der Waals surface area (Å²) in [7, 11) is 2.06. The number of pyridine rings is 1. The van der Waals surface area contributed by atoms with Crippen molar-refractivity contribution in [2.45, 2.75) is 58.5 Å². The molecule has 0 saturated carbocycles. The third-order valence-corrected chi connectivity index (χ3v) is 5.74. The Morgan fingerprint density at radius 1 is 1.35 bits per heavy atom. The van der Waals surface area contributed by atoms with Crippen molar-refractivity contribution in [3.8, 4) is 0 Å². The van der Waals surface area contributed by atoms with E-state index >= 15 is 0 Å². The van der Waals surface area contributed by atoms with Crippen molar-refractivity contribution < 1.29 is 14.6 Å². The van der Waals surface area contributed by atoms with Gasteiger partial charge in [0.05, 0.1) is 31.6 Å². The number of ether oxygens (including phenoxy) is 1. The average molecular weight is 431 g/mol. The summed E-state index contributed by atoms with van der Waals surface area (Å²) >= 11 is 0. The van der Waals surface area contributed by atoms with Gasteiger partial charge in [0.1, 0.15) is 5.69 Å². The van der Waals surface area contributed by atoms with E-state index in [9.17, 15) is 9.90 Å². The summed E-state index contributed by atoms with van der Waals surface area (Å²) in [6, 6.07) is 3.78. The van der Waals surface area contributed by atoms with Crippen LogP contribution in [0.5, 0.6) is 0 Å². The van der Waals surface area contributed by atoms with E-state index in [4.69, 9.17) is 4.74 Å². The number of aromatic nitrogens is 4. The van der Waals surface area contributed by atoms with Gasteiger partial charge in [-0.3, -0.25) is 19.4 Å². The van der Waals surface area contributed by atoms with Crippen LogP contribution in [-0.2, 0) is 29.2 Å². The molecule has 0 unspecified atom stereocenters. The molecular formula is C22H34N6O3. The van der Waals surface area contributed by atoms with Gasteiger partial charge in [0.2, 0.25) is 5.91 Å². The molecular weight excluding hydrogens is 396 g/mol. The molecule has 0 radical (unpaired) electrons. The molecule has 1 aliphatic rings. The normalized spacial score (nSPS) is 22.0. The summed E-state index contributed by atoms with van der Waals surface area (Å²) < 4.78 is 8.06. The molecule has 2 bridgehead atoms. The molecule has 3 heterocycles. The van der Waals surface area contributed by atoms with E-state index in [1.54, 1.807) is 22.0 Å². The first kappa shape index (κ1) is 23.3. The quantitative estimate of drug-likeness (QED) is 0.738. The predicted molar refractivity (Wildman–Crippen MR) is 116 cm³/mol. The molecule has 31 heavy (non-hydrogen) atoms. The Hall–Kier alpha value is -2.36. The summed E-state index contributed by atoms with van der Waals surface area (Å²) in [6.45, 7) is 6.96. The Morgan fingerprint density at radius 3 is 2.87 bits per heavy atom. The number of aliphatic hydroxyl groups is 1. The fourth-order valence-corrected chi connectivity index (χ4v) is 3.86. The van der Waals surface area contributed by atoms with Crippen LogP contribution in [0.4, 0.5) is 0 Å². The van der Waals surface area contributed by atoms with Crippen LogP contribution in [0.25, 0.3) is 0 Å². The highest BCUT2D eigenvalue weighted by atomic mass is 16.5. The van der Waals surface area contributed by atoms with Gasteiger partial charge in [-0.25, -0.2) is 0 Å². The van der Waals surface area contributed by atoms with Crippen LogP contribution in [0.2, 0.25) is 0 Å². The monoisotopic (exact) mass is 430 g/mol. The first-order valence-corrected chi connectivity index (χ1v) is 10.9. The van der Waals surface area contributed by atoms with Crippen molar-refractivity contribution in [1.29, 1.82) is 0 Å². The third-order valence-electron chi connectivity index (χ3n) is 5.74. The van der Waals surface area contributed by atoms with Gasteiger partial charge in [-0.15, -0.1) is 5.10 Å². The maximum absolute atomic E-state index is 12.9. The van der Waals surface area contributed by atoms with Crippen molar-refractivity contribution in [3.63, 3.8) is 0 Å². The van der Waals surface area contributed by atoms with Crippen LogP contribution >= 0.6 is 0 Å². The number of amides is 1. The van der Waals surface area contributed by atoms with Gasteiger partial charge in [-0.1, -0.05) is 12.1 Å². The number of fused-ring (bicyclic) bond motifs is 2. The van der Waals surface area contributed by atoms with Crippen LogP contribution in [0.1, 0.15) is 37.9 Å².